The van der Waals surface area contributed by atoms with E-state index in [1.54, 1.807) is 0 Å². The number of hydrogen-bond acceptors (Lipinski definition) is 1. The third-order valence-electron chi connectivity index (χ3n) is 1.71. The van der Waals surface area contributed by atoms with Gasteiger partial charge < -0.3 is 0 Å². The Morgan fingerprint density at radius 1 is 1.17 bits per heavy atom. The Kier molecular flexibility index (Phi) is 4.51. The van der Waals surface area contributed by atoms with Gasteiger partial charge in [-0.15, -0.1) is 12.6 Å². The summed E-state index contributed by atoms with van der Waals surface area (Å²) in [6.07, 6.45) is 0. The minimum Gasteiger partial charge on any atom is -0.143 e. The van der Waals surface area contributed by atoms with E-state index in [1.807, 2.05) is 12.1 Å². The van der Waals surface area contributed by atoms with Gasteiger partial charge in [-0.3, -0.25) is 0 Å². The van der Waals surface area contributed by atoms with Gasteiger partial charge in [0.05, 0.1) is 0 Å². The molecular formula is C10H14SZn. The molecule has 0 unspecified atom stereocenters. The second kappa shape index (κ2) is 4.44. The van der Waals surface area contributed by atoms with Gasteiger partial charge >= 0.3 is 0 Å². The fourth-order valence-electron chi connectivity index (χ4n) is 0.972. The molecule has 1 aromatic rings. The Hall–Kier alpha value is 0.193. The van der Waals surface area contributed by atoms with Gasteiger partial charge in [-0.1, -0.05) is 32.9 Å². The van der Waals surface area contributed by atoms with Gasteiger partial charge in [0.25, 0.3) is 0 Å². The van der Waals surface area contributed by atoms with Crippen molar-refractivity contribution in [1.29, 1.82) is 0 Å². The van der Waals surface area contributed by atoms with Gasteiger partial charge in [0.2, 0.25) is 0 Å². The van der Waals surface area contributed by atoms with Crippen molar-refractivity contribution in [3.05, 3.63) is 29.8 Å². The molecule has 1 aromatic carbocycles. The molecule has 0 heterocycles. The molecule has 1 rings (SSSR count). The van der Waals surface area contributed by atoms with Gasteiger partial charge in [-0.25, -0.2) is 0 Å². The van der Waals surface area contributed by atoms with E-state index in [9.17, 15) is 0 Å². The molecule has 0 aliphatic rings. The van der Waals surface area contributed by atoms with Crippen molar-refractivity contribution in [3.63, 3.8) is 0 Å². The minimum atomic E-state index is 0. The van der Waals surface area contributed by atoms with E-state index in [2.05, 4.69) is 45.5 Å². The van der Waals surface area contributed by atoms with Crippen LogP contribution in [0.3, 0.4) is 0 Å². The van der Waals surface area contributed by atoms with Crippen LogP contribution < -0.4 is 0 Å². The molecule has 12 heavy (non-hydrogen) atoms. The number of hydrogen-bond donors (Lipinski definition) is 1. The van der Waals surface area contributed by atoms with Gasteiger partial charge in [0.1, 0.15) is 0 Å². The van der Waals surface area contributed by atoms with Crippen LogP contribution in [0.15, 0.2) is 29.2 Å². The molecule has 0 atom stereocenters. The summed E-state index contributed by atoms with van der Waals surface area (Å²) < 4.78 is 0. The van der Waals surface area contributed by atoms with Gasteiger partial charge in [0.15, 0.2) is 0 Å². The monoisotopic (exact) mass is 230 g/mol. The van der Waals surface area contributed by atoms with Crippen molar-refractivity contribution in [1.82, 2.24) is 0 Å². The standard InChI is InChI=1S/C10H14S.Zn/c1-10(2,3)8-5-4-6-9(11)7-8;/h4-7,11H,1-3H3;. The van der Waals surface area contributed by atoms with Gasteiger partial charge in [-0.2, -0.15) is 0 Å². The Bertz CT molecular complexity index is 250. The Balaban J connectivity index is 0.00000121. The number of thiol groups is 1. The fraction of sp³-hybridized carbons (Fsp3) is 0.400. The quantitative estimate of drug-likeness (QED) is 0.514. The minimum absolute atomic E-state index is 0. The summed E-state index contributed by atoms with van der Waals surface area (Å²) in [6, 6.07) is 8.30. The molecule has 0 radical (unpaired) electrons. The molecule has 0 saturated heterocycles. The normalized spacial score (nSPS) is 10.7. The fourth-order valence-corrected chi connectivity index (χ4v) is 1.20. The summed E-state index contributed by atoms with van der Waals surface area (Å²) >= 11 is 4.29. The summed E-state index contributed by atoms with van der Waals surface area (Å²) in [4.78, 5) is 1.04. The zero-order valence-electron chi connectivity index (χ0n) is 7.96. The first-order chi connectivity index (χ1) is 5.00. The van der Waals surface area contributed by atoms with Crippen molar-refractivity contribution >= 4 is 12.6 Å². The predicted octanol–water partition coefficient (Wildman–Crippen LogP) is 3.27. The average molecular weight is 232 g/mol. The largest absolute Gasteiger partial charge is 0.143 e. The molecule has 0 aromatic heterocycles. The van der Waals surface area contributed by atoms with Crippen molar-refractivity contribution < 1.29 is 19.5 Å². The molecule has 0 aliphatic heterocycles. The second-order valence-electron chi connectivity index (χ2n) is 3.80. The summed E-state index contributed by atoms with van der Waals surface area (Å²) in [5.74, 6) is 0. The first kappa shape index (κ1) is 12.2. The molecule has 0 amide bonds. The van der Waals surface area contributed by atoms with E-state index in [-0.39, 0.29) is 24.9 Å². The van der Waals surface area contributed by atoms with Crippen LogP contribution in [0.25, 0.3) is 0 Å². The molecule has 0 bridgehead atoms. The van der Waals surface area contributed by atoms with Crippen LogP contribution in [0, 0.1) is 0 Å². The molecule has 2 heteroatoms. The molecular weight excluding hydrogens is 218 g/mol. The van der Waals surface area contributed by atoms with Crippen LogP contribution in [0.1, 0.15) is 26.3 Å². The van der Waals surface area contributed by atoms with E-state index >= 15 is 0 Å². The topological polar surface area (TPSA) is 0 Å². The smallest absolute Gasteiger partial charge is 0.00429 e. The first-order valence-electron chi connectivity index (χ1n) is 3.79. The third kappa shape index (κ3) is 3.29. The van der Waals surface area contributed by atoms with Crippen LogP contribution in [-0.4, -0.2) is 0 Å². The maximum Gasteiger partial charge on any atom is 0.00429 e. The average Bonchev–Trinajstić information content (AvgIpc) is 1.86. The van der Waals surface area contributed by atoms with E-state index in [0.717, 1.165) is 4.90 Å². The maximum atomic E-state index is 4.29. The summed E-state index contributed by atoms with van der Waals surface area (Å²) in [6.45, 7) is 6.61. The first-order valence-corrected chi connectivity index (χ1v) is 4.24. The molecule has 0 nitrogen and oxygen atoms in total. The Labute approximate surface area is 92.9 Å². The van der Waals surface area contributed by atoms with Crippen LogP contribution in [-0.2, 0) is 24.9 Å². The van der Waals surface area contributed by atoms with Gasteiger partial charge in [0, 0.05) is 24.4 Å². The second-order valence-corrected chi connectivity index (χ2v) is 4.32. The van der Waals surface area contributed by atoms with Crippen LogP contribution in [0.4, 0.5) is 0 Å². The maximum absolute atomic E-state index is 4.29. The Morgan fingerprint density at radius 2 is 1.75 bits per heavy atom. The van der Waals surface area contributed by atoms with E-state index < -0.39 is 0 Å². The molecule has 0 saturated carbocycles. The van der Waals surface area contributed by atoms with Gasteiger partial charge in [-0.05, 0) is 23.1 Å². The van der Waals surface area contributed by atoms with E-state index in [1.165, 1.54) is 5.56 Å². The molecule has 0 aliphatic carbocycles. The zero-order chi connectivity index (χ0) is 8.48. The number of benzene rings is 1. The zero-order valence-corrected chi connectivity index (χ0v) is 11.8. The molecule has 62 valence electrons. The van der Waals surface area contributed by atoms with Crippen molar-refractivity contribution in [3.8, 4) is 0 Å². The molecule has 0 N–H and O–H groups in total. The molecule has 0 fully saturated rings. The SMILES string of the molecule is CC(C)(C)c1cccc(S)c1.[Zn]. The summed E-state index contributed by atoms with van der Waals surface area (Å²) in [5.41, 5.74) is 1.57. The Morgan fingerprint density at radius 3 is 2.08 bits per heavy atom. The van der Waals surface area contributed by atoms with Crippen LogP contribution >= 0.6 is 12.6 Å². The van der Waals surface area contributed by atoms with Crippen molar-refractivity contribution in [2.75, 3.05) is 0 Å². The number of rotatable bonds is 0. The summed E-state index contributed by atoms with van der Waals surface area (Å²) in [7, 11) is 0. The molecule has 0 spiro atoms. The van der Waals surface area contributed by atoms with Crippen molar-refractivity contribution in [2.24, 2.45) is 0 Å². The van der Waals surface area contributed by atoms with Crippen LogP contribution in [0.2, 0.25) is 0 Å². The summed E-state index contributed by atoms with van der Waals surface area (Å²) in [5, 5.41) is 0. The predicted molar refractivity (Wildman–Crippen MR) is 52.4 cm³/mol. The van der Waals surface area contributed by atoms with E-state index in [4.69, 9.17) is 0 Å². The third-order valence-corrected chi connectivity index (χ3v) is 1.99. The van der Waals surface area contributed by atoms with E-state index in [0.29, 0.717) is 0 Å². The van der Waals surface area contributed by atoms with Crippen LogP contribution in [0.5, 0.6) is 0 Å². The van der Waals surface area contributed by atoms with Crippen molar-refractivity contribution in [2.45, 2.75) is 31.1 Å².